The van der Waals surface area contributed by atoms with Gasteiger partial charge in [-0.3, -0.25) is 13.9 Å². The zero-order valence-electron chi connectivity index (χ0n) is 20.1. The number of carbonyl (C=O) groups is 2. The van der Waals surface area contributed by atoms with Gasteiger partial charge in [-0.05, 0) is 25.5 Å². The van der Waals surface area contributed by atoms with Gasteiger partial charge in [0.15, 0.2) is 11.6 Å². The third-order valence-electron chi connectivity index (χ3n) is 6.12. The molecule has 0 radical (unpaired) electrons. The van der Waals surface area contributed by atoms with E-state index in [9.17, 15) is 22.4 Å². The molecule has 2 heterocycles. The second-order valence-electron chi connectivity index (χ2n) is 8.96. The summed E-state index contributed by atoms with van der Waals surface area (Å²) < 4.78 is 80.2. The van der Waals surface area contributed by atoms with Gasteiger partial charge in [-0.1, -0.05) is 17.7 Å². The van der Waals surface area contributed by atoms with Gasteiger partial charge in [-0.25, -0.2) is 18.0 Å². The van der Waals surface area contributed by atoms with Gasteiger partial charge < -0.3 is 15.0 Å². The van der Waals surface area contributed by atoms with E-state index in [1.165, 1.54) is 19.1 Å². The van der Waals surface area contributed by atoms with Gasteiger partial charge in [-0.2, -0.15) is 8.42 Å². The number of alkyl halides is 1. The molecular formula is C24H26F3N3O6S. The van der Waals surface area contributed by atoms with E-state index in [0.717, 1.165) is 27.5 Å². The first-order chi connectivity index (χ1) is 17.4. The van der Waals surface area contributed by atoms with Crippen molar-refractivity contribution in [1.82, 2.24) is 5.32 Å². The largest absolute Gasteiger partial charge is 0.442 e. The van der Waals surface area contributed by atoms with Crippen LogP contribution in [0.3, 0.4) is 0 Å². The third-order valence-corrected chi connectivity index (χ3v) is 7.47. The molecule has 2 aliphatic rings. The molecule has 3 atom stereocenters. The number of ether oxygens (including phenoxy) is 1. The van der Waals surface area contributed by atoms with Crippen molar-refractivity contribution in [2.24, 2.45) is 0 Å². The molecule has 0 bridgehead atoms. The van der Waals surface area contributed by atoms with Crippen molar-refractivity contribution in [3.05, 3.63) is 53.6 Å². The monoisotopic (exact) mass is 541 g/mol. The first-order valence-electron chi connectivity index (χ1n) is 11.5. The van der Waals surface area contributed by atoms with E-state index in [0.29, 0.717) is 0 Å². The summed E-state index contributed by atoms with van der Waals surface area (Å²) in [4.78, 5) is 25.3. The zero-order chi connectivity index (χ0) is 26.9. The van der Waals surface area contributed by atoms with Crippen molar-refractivity contribution in [2.45, 2.75) is 43.5 Å². The Morgan fingerprint density at radius 1 is 1.16 bits per heavy atom. The predicted octanol–water partition coefficient (Wildman–Crippen LogP) is 3.06. The van der Waals surface area contributed by atoms with Gasteiger partial charge in [0.1, 0.15) is 24.1 Å². The molecule has 0 aromatic heterocycles. The maximum absolute atomic E-state index is 15.0. The van der Waals surface area contributed by atoms with Crippen LogP contribution in [0.4, 0.5) is 29.3 Å². The van der Waals surface area contributed by atoms with Crippen LogP contribution in [0.5, 0.6) is 0 Å². The number of halogens is 3. The SMILES string of the molecule is CC(=O)NCC1CN(c2cc(F)c(N3CCC(OS(=O)(=O)c4ccc(C)cc4)C(F)C3)c(F)c2)C(=O)O1. The zero-order valence-corrected chi connectivity index (χ0v) is 20.9. The first-order valence-corrected chi connectivity index (χ1v) is 13.0. The van der Waals surface area contributed by atoms with Crippen molar-refractivity contribution in [2.75, 3.05) is 36.0 Å². The molecule has 1 N–H and O–H groups in total. The average molecular weight is 542 g/mol. The maximum Gasteiger partial charge on any atom is 0.414 e. The Balaban J connectivity index is 1.43. The van der Waals surface area contributed by atoms with Crippen LogP contribution in [0.2, 0.25) is 0 Å². The Labute approximate surface area is 212 Å². The maximum atomic E-state index is 15.0. The second-order valence-corrected chi connectivity index (χ2v) is 10.5. The van der Waals surface area contributed by atoms with Gasteiger partial charge in [0.25, 0.3) is 10.1 Å². The summed E-state index contributed by atoms with van der Waals surface area (Å²) in [6, 6.07) is 7.78. The van der Waals surface area contributed by atoms with Crippen LogP contribution in [0.15, 0.2) is 41.3 Å². The number of piperidine rings is 1. The van der Waals surface area contributed by atoms with E-state index in [1.54, 1.807) is 19.1 Å². The predicted molar refractivity (Wildman–Crippen MR) is 128 cm³/mol. The Morgan fingerprint density at radius 2 is 1.81 bits per heavy atom. The van der Waals surface area contributed by atoms with E-state index >= 15 is 8.78 Å². The van der Waals surface area contributed by atoms with Gasteiger partial charge in [0, 0.05) is 25.6 Å². The molecule has 2 fully saturated rings. The number of nitrogens with one attached hydrogen (secondary N) is 1. The third kappa shape index (κ3) is 5.99. The van der Waals surface area contributed by atoms with Crippen molar-refractivity contribution >= 4 is 33.5 Å². The van der Waals surface area contributed by atoms with Gasteiger partial charge >= 0.3 is 6.09 Å². The molecule has 2 aliphatic heterocycles. The summed E-state index contributed by atoms with van der Waals surface area (Å²) in [5.74, 6) is -2.36. The van der Waals surface area contributed by atoms with Crippen LogP contribution in [0.25, 0.3) is 0 Å². The van der Waals surface area contributed by atoms with E-state index < -0.39 is 58.5 Å². The number of benzene rings is 2. The van der Waals surface area contributed by atoms with Gasteiger partial charge in [0.2, 0.25) is 5.91 Å². The van der Waals surface area contributed by atoms with Crippen molar-refractivity contribution in [3.8, 4) is 0 Å². The number of carbonyl (C=O) groups excluding carboxylic acids is 2. The Bertz CT molecular complexity index is 1270. The highest BCUT2D eigenvalue weighted by atomic mass is 32.2. The smallest absolute Gasteiger partial charge is 0.414 e. The number of rotatable bonds is 7. The number of anilines is 2. The molecule has 3 unspecified atom stereocenters. The summed E-state index contributed by atoms with van der Waals surface area (Å²) >= 11 is 0. The lowest BCUT2D eigenvalue weighted by Gasteiger charge is -2.36. The fourth-order valence-electron chi connectivity index (χ4n) is 4.22. The number of aryl methyl sites for hydroxylation is 1. The van der Waals surface area contributed by atoms with Crippen LogP contribution in [0.1, 0.15) is 18.9 Å². The highest BCUT2D eigenvalue weighted by Gasteiger charge is 2.37. The summed E-state index contributed by atoms with van der Waals surface area (Å²) in [7, 11) is -4.22. The standard InChI is InChI=1S/C24H26F3N3O6S/c1-14-3-5-18(6-4-14)37(33,34)36-22-7-8-29(13-21(22)27)23-19(25)9-16(10-20(23)26)30-12-17(35-24(30)32)11-28-15(2)31/h3-6,9-10,17,21-22H,7-8,11-13H2,1-2H3,(H,28,31). The lowest BCUT2D eigenvalue weighted by Crippen LogP contribution is -2.47. The summed E-state index contributed by atoms with van der Waals surface area (Å²) in [5, 5.41) is 2.51. The molecule has 2 aromatic rings. The molecule has 13 heteroatoms. The van der Waals surface area contributed by atoms with E-state index in [2.05, 4.69) is 5.32 Å². The Kier molecular flexibility index (Phi) is 7.64. The lowest BCUT2D eigenvalue weighted by molar-refractivity contribution is -0.119. The molecule has 2 aromatic carbocycles. The fraction of sp³-hybridized carbons (Fsp3) is 0.417. The van der Waals surface area contributed by atoms with E-state index in [4.69, 9.17) is 8.92 Å². The Morgan fingerprint density at radius 3 is 2.41 bits per heavy atom. The quantitative estimate of drug-likeness (QED) is 0.538. The number of hydrogen-bond donors (Lipinski definition) is 1. The first kappa shape index (κ1) is 26.7. The lowest BCUT2D eigenvalue weighted by atomic mass is 10.0. The fourth-order valence-corrected chi connectivity index (χ4v) is 5.35. The molecule has 2 saturated heterocycles. The van der Waals surface area contributed by atoms with Gasteiger partial charge in [0.05, 0.1) is 30.2 Å². The molecule has 4 rings (SSSR count). The second kappa shape index (κ2) is 10.6. The molecule has 200 valence electrons. The molecule has 0 spiro atoms. The average Bonchev–Trinajstić information content (AvgIpc) is 3.19. The minimum Gasteiger partial charge on any atom is -0.442 e. The minimum atomic E-state index is -4.22. The number of nitrogens with zero attached hydrogens (tertiary/aromatic N) is 2. The van der Waals surface area contributed by atoms with Crippen LogP contribution < -0.4 is 15.1 Å². The van der Waals surface area contributed by atoms with Crippen molar-refractivity contribution in [3.63, 3.8) is 0 Å². The number of cyclic esters (lactones) is 1. The normalized spacial score (nSPS) is 22.2. The van der Waals surface area contributed by atoms with Crippen LogP contribution in [0, 0.1) is 18.6 Å². The van der Waals surface area contributed by atoms with E-state index in [-0.39, 0.29) is 42.5 Å². The highest BCUT2D eigenvalue weighted by Crippen LogP contribution is 2.34. The molecular weight excluding hydrogens is 515 g/mol. The molecule has 2 amide bonds. The molecule has 0 aliphatic carbocycles. The van der Waals surface area contributed by atoms with Crippen LogP contribution in [-0.2, 0) is 23.8 Å². The van der Waals surface area contributed by atoms with E-state index in [1.807, 2.05) is 0 Å². The van der Waals surface area contributed by atoms with Gasteiger partial charge in [-0.15, -0.1) is 0 Å². The summed E-state index contributed by atoms with van der Waals surface area (Å²) in [6.45, 7) is 2.56. The van der Waals surface area contributed by atoms with Crippen LogP contribution >= 0.6 is 0 Å². The number of hydrogen-bond acceptors (Lipinski definition) is 7. The van der Waals surface area contributed by atoms with Crippen molar-refractivity contribution < 1.29 is 40.1 Å². The molecule has 37 heavy (non-hydrogen) atoms. The van der Waals surface area contributed by atoms with Crippen molar-refractivity contribution in [1.29, 1.82) is 0 Å². The van der Waals surface area contributed by atoms with Crippen LogP contribution in [-0.4, -0.2) is 65.0 Å². The highest BCUT2D eigenvalue weighted by molar-refractivity contribution is 7.86. The Hall–Kier alpha value is -3.32. The number of amides is 2. The summed E-state index contributed by atoms with van der Waals surface area (Å²) in [6.07, 6.45) is -4.79. The minimum absolute atomic E-state index is 0.0257. The molecule has 0 saturated carbocycles. The topological polar surface area (TPSA) is 105 Å². The molecule has 9 nitrogen and oxygen atoms in total. The summed E-state index contributed by atoms with van der Waals surface area (Å²) in [5.41, 5.74) is 0.263.